The predicted octanol–water partition coefficient (Wildman–Crippen LogP) is 0.907. The van der Waals surface area contributed by atoms with E-state index in [4.69, 9.17) is 14.2 Å². The van der Waals surface area contributed by atoms with Gasteiger partial charge in [0.15, 0.2) is 11.5 Å². The highest BCUT2D eigenvalue weighted by Gasteiger charge is 2.54. The minimum absolute atomic E-state index is 0.0658. The molecule has 2 fully saturated rings. The second-order valence-electron chi connectivity index (χ2n) is 6.62. The lowest BCUT2D eigenvalue weighted by molar-refractivity contribution is -0.157. The van der Waals surface area contributed by atoms with Gasteiger partial charge in [-0.2, -0.15) is 0 Å². The van der Waals surface area contributed by atoms with Crippen LogP contribution >= 0.6 is 0 Å². The average Bonchev–Trinajstić information content (AvgIpc) is 3.19. The van der Waals surface area contributed by atoms with Crippen LogP contribution in [0.2, 0.25) is 0 Å². The van der Waals surface area contributed by atoms with Gasteiger partial charge in [-0.25, -0.2) is 0 Å². The number of hydrogen-bond donors (Lipinski definition) is 1. The maximum Gasteiger partial charge on any atom is 0.311 e. The van der Waals surface area contributed by atoms with E-state index in [-0.39, 0.29) is 31.6 Å². The Balaban J connectivity index is 1.48. The number of carbonyl (C=O) groups excluding carboxylic acids is 1. The number of aliphatic carboxylic acids is 1. The summed E-state index contributed by atoms with van der Waals surface area (Å²) in [5.41, 5.74) is -0.0252. The molecule has 0 radical (unpaired) electrons. The monoisotopic (exact) mass is 333 g/mol. The van der Waals surface area contributed by atoms with Gasteiger partial charge in [0, 0.05) is 25.6 Å². The van der Waals surface area contributed by atoms with Crippen LogP contribution in [0.5, 0.6) is 11.5 Å². The Bertz CT molecular complexity index is 690. The molecule has 0 saturated carbocycles. The molecule has 1 aromatic rings. The maximum atomic E-state index is 12.6. The molecule has 7 heteroatoms. The maximum absolute atomic E-state index is 12.6. The van der Waals surface area contributed by atoms with Crippen molar-refractivity contribution in [3.63, 3.8) is 0 Å². The normalized spacial score (nSPS) is 27.8. The van der Waals surface area contributed by atoms with E-state index in [0.29, 0.717) is 37.7 Å². The fourth-order valence-electron chi connectivity index (χ4n) is 3.83. The summed E-state index contributed by atoms with van der Waals surface area (Å²) in [6.45, 7) is 1.74. The first-order chi connectivity index (χ1) is 11.6. The Hall–Kier alpha value is -2.28. The zero-order valence-corrected chi connectivity index (χ0v) is 13.2. The first kappa shape index (κ1) is 15.3. The number of carbonyl (C=O) groups is 2. The van der Waals surface area contributed by atoms with E-state index in [2.05, 4.69) is 0 Å². The van der Waals surface area contributed by atoms with E-state index < -0.39 is 11.4 Å². The second kappa shape index (κ2) is 5.66. The van der Waals surface area contributed by atoms with Crippen molar-refractivity contribution in [2.75, 3.05) is 33.1 Å². The molecule has 128 valence electrons. The van der Waals surface area contributed by atoms with E-state index in [0.717, 1.165) is 5.56 Å². The molecule has 1 amide bonds. The van der Waals surface area contributed by atoms with Crippen molar-refractivity contribution in [3.8, 4) is 11.5 Å². The molecule has 0 unspecified atom stereocenters. The molecule has 3 aliphatic heterocycles. The van der Waals surface area contributed by atoms with Crippen LogP contribution in [0, 0.1) is 11.3 Å². The summed E-state index contributed by atoms with van der Waals surface area (Å²) in [6.07, 6.45) is 0.681. The number of amides is 1. The Labute approximate surface area is 139 Å². The SMILES string of the molecule is O=C(Cc1ccc2c(c1)OCO2)N1C[C@H]2COCC[C@@]2(C(=O)O)C1. The zero-order chi connectivity index (χ0) is 16.7. The Morgan fingerprint density at radius 3 is 2.92 bits per heavy atom. The van der Waals surface area contributed by atoms with Crippen molar-refractivity contribution in [2.45, 2.75) is 12.8 Å². The number of carboxylic acids is 1. The topological polar surface area (TPSA) is 85.3 Å². The first-order valence-electron chi connectivity index (χ1n) is 8.06. The predicted molar refractivity (Wildman–Crippen MR) is 81.8 cm³/mol. The van der Waals surface area contributed by atoms with Crippen LogP contribution in [-0.4, -0.2) is 55.0 Å². The van der Waals surface area contributed by atoms with Gasteiger partial charge in [-0.3, -0.25) is 9.59 Å². The number of likely N-dealkylation sites (tertiary alicyclic amines) is 1. The van der Waals surface area contributed by atoms with Gasteiger partial charge in [0.25, 0.3) is 0 Å². The number of hydrogen-bond acceptors (Lipinski definition) is 5. The molecule has 3 heterocycles. The van der Waals surface area contributed by atoms with Crippen LogP contribution in [0.1, 0.15) is 12.0 Å². The largest absolute Gasteiger partial charge is 0.481 e. The van der Waals surface area contributed by atoms with Crippen LogP contribution in [0.15, 0.2) is 18.2 Å². The average molecular weight is 333 g/mol. The number of benzene rings is 1. The standard InChI is InChI=1S/C17H19NO6/c19-15(6-11-1-2-13-14(5-11)24-10-23-13)18-7-12-8-22-4-3-17(12,9-18)16(20)21/h1-2,5,12H,3-4,6-10H2,(H,20,21)/t12-,17+/m0/s1. The first-order valence-corrected chi connectivity index (χ1v) is 8.06. The van der Waals surface area contributed by atoms with Crippen LogP contribution < -0.4 is 9.47 Å². The number of nitrogens with zero attached hydrogens (tertiary/aromatic N) is 1. The van der Waals surface area contributed by atoms with Gasteiger partial charge in [-0.05, 0) is 24.1 Å². The van der Waals surface area contributed by atoms with Crippen molar-refractivity contribution in [1.29, 1.82) is 0 Å². The second-order valence-corrected chi connectivity index (χ2v) is 6.62. The molecule has 2 saturated heterocycles. The molecule has 0 aliphatic carbocycles. The van der Waals surface area contributed by atoms with Gasteiger partial charge in [0.1, 0.15) is 0 Å². The van der Waals surface area contributed by atoms with E-state index in [1.807, 2.05) is 6.07 Å². The van der Waals surface area contributed by atoms with Gasteiger partial charge in [-0.1, -0.05) is 6.07 Å². The molecule has 1 N–H and O–H groups in total. The van der Waals surface area contributed by atoms with Crippen LogP contribution in [0.25, 0.3) is 0 Å². The molecule has 2 atom stereocenters. The Kier molecular flexibility index (Phi) is 3.60. The molecule has 0 spiro atoms. The van der Waals surface area contributed by atoms with Crippen LogP contribution in [-0.2, 0) is 20.7 Å². The summed E-state index contributed by atoms with van der Waals surface area (Å²) in [6, 6.07) is 5.44. The third-order valence-corrected chi connectivity index (χ3v) is 5.28. The van der Waals surface area contributed by atoms with Crippen molar-refractivity contribution in [1.82, 2.24) is 4.90 Å². The van der Waals surface area contributed by atoms with Gasteiger partial charge in [0.05, 0.1) is 18.4 Å². The Morgan fingerprint density at radius 2 is 2.12 bits per heavy atom. The number of ether oxygens (including phenoxy) is 3. The van der Waals surface area contributed by atoms with Gasteiger partial charge < -0.3 is 24.2 Å². The lowest BCUT2D eigenvalue weighted by atomic mass is 9.74. The fourth-order valence-corrected chi connectivity index (χ4v) is 3.83. The molecule has 0 aromatic heterocycles. The van der Waals surface area contributed by atoms with Crippen molar-refractivity contribution in [3.05, 3.63) is 23.8 Å². The molecule has 0 bridgehead atoms. The third kappa shape index (κ3) is 2.39. The fraction of sp³-hybridized carbons (Fsp3) is 0.529. The van der Waals surface area contributed by atoms with Crippen molar-refractivity contribution >= 4 is 11.9 Å². The van der Waals surface area contributed by atoms with Gasteiger partial charge in [-0.15, -0.1) is 0 Å². The molecular weight excluding hydrogens is 314 g/mol. The number of rotatable bonds is 3. The van der Waals surface area contributed by atoms with Crippen molar-refractivity contribution in [2.24, 2.45) is 11.3 Å². The summed E-state index contributed by atoms with van der Waals surface area (Å²) in [5.74, 6) is 0.300. The minimum atomic E-state index is -0.858. The van der Waals surface area contributed by atoms with E-state index in [9.17, 15) is 14.7 Å². The highest BCUT2D eigenvalue weighted by Crippen LogP contribution is 2.42. The summed E-state index contributed by atoms with van der Waals surface area (Å²) < 4.78 is 16.0. The van der Waals surface area contributed by atoms with Crippen LogP contribution in [0.3, 0.4) is 0 Å². The number of carboxylic acid groups (broad SMARTS) is 1. The lowest BCUT2D eigenvalue weighted by Crippen LogP contribution is -2.45. The summed E-state index contributed by atoms with van der Waals surface area (Å²) in [4.78, 5) is 26.1. The zero-order valence-electron chi connectivity index (χ0n) is 13.2. The third-order valence-electron chi connectivity index (χ3n) is 5.28. The summed E-state index contributed by atoms with van der Waals surface area (Å²) in [5, 5.41) is 9.67. The number of fused-ring (bicyclic) bond motifs is 2. The molecular formula is C17H19NO6. The highest BCUT2D eigenvalue weighted by atomic mass is 16.7. The lowest BCUT2D eigenvalue weighted by Gasteiger charge is -2.33. The van der Waals surface area contributed by atoms with Crippen LogP contribution in [0.4, 0.5) is 0 Å². The molecule has 24 heavy (non-hydrogen) atoms. The smallest absolute Gasteiger partial charge is 0.311 e. The Morgan fingerprint density at radius 1 is 1.29 bits per heavy atom. The minimum Gasteiger partial charge on any atom is -0.481 e. The van der Waals surface area contributed by atoms with E-state index in [1.54, 1.807) is 17.0 Å². The summed E-state index contributed by atoms with van der Waals surface area (Å²) in [7, 11) is 0. The molecule has 7 nitrogen and oxygen atoms in total. The van der Waals surface area contributed by atoms with E-state index in [1.165, 1.54) is 0 Å². The van der Waals surface area contributed by atoms with Gasteiger partial charge in [0.2, 0.25) is 12.7 Å². The van der Waals surface area contributed by atoms with Crippen molar-refractivity contribution < 1.29 is 28.9 Å². The quantitative estimate of drug-likeness (QED) is 0.885. The molecule has 4 rings (SSSR count). The summed E-state index contributed by atoms with van der Waals surface area (Å²) >= 11 is 0. The molecule has 1 aromatic carbocycles. The molecule has 3 aliphatic rings. The highest BCUT2D eigenvalue weighted by molar-refractivity contribution is 5.82. The van der Waals surface area contributed by atoms with E-state index >= 15 is 0 Å². The van der Waals surface area contributed by atoms with Gasteiger partial charge >= 0.3 is 5.97 Å².